The lowest BCUT2D eigenvalue weighted by Crippen LogP contribution is -2.40. The second kappa shape index (κ2) is 6.73. The van der Waals surface area contributed by atoms with Gasteiger partial charge in [0.1, 0.15) is 18.7 Å². The van der Waals surface area contributed by atoms with Crippen LogP contribution >= 0.6 is 0 Å². The molecule has 0 heterocycles. The highest BCUT2D eigenvalue weighted by Gasteiger charge is 2.19. The molecule has 1 aromatic carbocycles. The first-order chi connectivity index (χ1) is 8.50. The Morgan fingerprint density at radius 3 is 2.33 bits per heavy atom. The van der Waals surface area contributed by atoms with E-state index in [0.29, 0.717) is 6.42 Å². The predicted octanol–water partition coefficient (Wildman–Crippen LogP) is -0.488. The number of carboxylic acids is 1. The quantitative estimate of drug-likeness (QED) is 0.588. The van der Waals surface area contributed by atoms with Crippen LogP contribution in [0.15, 0.2) is 30.3 Å². The van der Waals surface area contributed by atoms with Gasteiger partial charge in [0.25, 0.3) is 0 Å². The van der Waals surface area contributed by atoms with Crippen molar-refractivity contribution in [1.29, 1.82) is 0 Å². The van der Waals surface area contributed by atoms with Gasteiger partial charge < -0.3 is 21.3 Å². The number of nitrogens with two attached hydrogens (primary N) is 2. The molecule has 0 amide bonds. The van der Waals surface area contributed by atoms with E-state index in [2.05, 4.69) is 0 Å². The summed E-state index contributed by atoms with van der Waals surface area (Å²) in [5.74, 6) is -1.88. The minimum absolute atomic E-state index is 0.335. The van der Waals surface area contributed by atoms with E-state index in [1.807, 2.05) is 30.3 Å². The van der Waals surface area contributed by atoms with E-state index in [1.54, 1.807) is 0 Å². The van der Waals surface area contributed by atoms with Crippen LogP contribution in [0.1, 0.15) is 5.56 Å². The minimum Gasteiger partial charge on any atom is -0.480 e. The van der Waals surface area contributed by atoms with Crippen molar-refractivity contribution < 1.29 is 19.4 Å². The van der Waals surface area contributed by atoms with Crippen LogP contribution in [-0.2, 0) is 20.7 Å². The third-order valence-corrected chi connectivity index (χ3v) is 2.32. The fourth-order valence-corrected chi connectivity index (χ4v) is 1.30. The number of carbonyl (C=O) groups excluding carboxylic acids is 1. The molecular formula is C12H16N2O4. The predicted molar refractivity (Wildman–Crippen MR) is 64.7 cm³/mol. The summed E-state index contributed by atoms with van der Waals surface area (Å²) in [6.45, 7) is -0.378. The summed E-state index contributed by atoms with van der Waals surface area (Å²) in [6.07, 6.45) is 0.335. The molecule has 6 heteroatoms. The summed E-state index contributed by atoms with van der Waals surface area (Å²) < 4.78 is 4.73. The molecule has 1 rings (SSSR count). The summed E-state index contributed by atoms with van der Waals surface area (Å²) in [6, 6.07) is 7.18. The number of aliphatic carboxylic acids is 1. The molecule has 0 spiro atoms. The Balaban J connectivity index is 2.40. The topological polar surface area (TPSA) is 116 Å². The van der Waals surface area contributed by atoms with E-state index in [0.717, 1.165) is 5.56 Å². The molecule has 2 atom stereocenters. The average molecular weight is 252 g/mol. The van der Waals surface area contributed by atoms with Crippen LogP contribution in [0.2, 0.25) is 0 Å². The van der Waals surface area contributed by atoms with E-state index in [1.165, 1.54) is 0 Å². The first kappa shape index (κ1) is 14.1. The Bertz CT molecular complexity index is 408. The van der Waals surface area contributed by atoms with Gasteiger partial charge in [0.2, 0.25) is 0 Å². The van der Waals surface area contributed by atoms with Crippen molar-refractivity contribution in [2.45, 2.75) is 18.5 Å². The highest BCUT2D eigenvalue weighted by molar-refractivity contribution is 5.77. The average Bonchev–Trinajstić information content (AvgIpc) is 2.36. The van der Waals surface area contributed by atoms with E-state index < -0.39 is 24.0 Å². The fraction of sp³-hybridized carbons (Fsp3) is 0.333. The third kappa shape index (κ3) is 4.52. The molecule has 98 valence electrons. The first-order valence-electron chi connectivity index (χ1n) is 5.45. The molecule has 1 aromatic rings. The van der Waals surface area contributed by atoms with Gasteiger partial charge in [-0.3, -0.25) is 9.59 Å². The molecule has 0 aliphatic heterocycles. The smallest absolute Gasteiger partial charge is 0.324 e. The number of ether oxygens (including phenoxy) is 1. The lowest BCUT2D eigenvalue weighted by atomic mass is 10.1. The van der Waals surface area contributed by atoms with E-state index in [-0.39, 0.29) is 6.61 Å². The van der Waals surface area contributed by atoms with Crippen molar-refractivity contribution in [2.75, 3.05) is 6.61 Å². The maximum Gasteiger partial charge on any atom is 0.324 e. The molecule has 0 radical (unpaired) electrons. The van der Waals surface area contributed by atoms with Crippen molar-refractivity contribution >= 4 is 11.9 Å². The molecule has 0 fully saturated rings. The Kier molecular flexibility index (Phi) is 5.29. The van der Waals surface area contributed by atoms with Crippen LogP contribution in [0.5, 0.6) is 0 Å². The van der Waals surface area contributed by atoms with Gasteiger partial charge in [0.05, 0.1) is 0 Å². The summed E-state index contributed by atoms with van der Waals surface area (Å²) in [5.41, 5.74) is 11.8. The molecule has 0 aromatic heterocycles. The molecule has 6 nitrogen and oxygen atoms in total. The van der Waals surface area contributed by atoms with E-state index in [4.69, 9.17) is 21.3 Å². The van der Waals surface area contributed by atoms with Gasteiger partial charge in [-0.25, -0.2) is 0 Å². The summed E-state index contributed by atoms with van der Waals surface area (Å²) in [4.78, 5) is 21.9. The minimum atomic E-state index is -1.22. The first-order valence-corrected chi connectivity index (χ1v) is 5.45. The van der Waals surface area contributed by atoms with Gasteiger partial charge in [-0.1, -0.05) is 30.3 Å². The Hall–Kier alpha value is -1.92. The lowest BCUT2D eigenvalue weighted by molar-refractivity contribution is -0.149. The summed E-state index contributed by atoms with van der Waals surface area (Å²) >= 11 is 0. The lowest BCUT2D eigenvalue weighted by Gasteiger charge is -2.13. The third-order valence-electron chi connectivity index (χ3n) is 2.32. The summed E-state index contributed by atoms with van der Waals surface area (Å²) in [5, 5.41) is 8.52. The van der Waals surface area contributed by atoms with Crippen LogP contribution in [0.25, 0.3) is 0 Å². The zero-order valence-electron chi connectivity index (χ0n) is 9.78. The summed E-state index contributed by atoms with van der Waals surface area (Å²) in [7, 11) is 0. The fourth-order valence-electron chi connectivity index (χ4n) is 1.30. The Morgan fingerprint density at radius 2 is 1.78 bits per heavy atom. The molecule has 5 N–H and O–H groups in total. The molecule has 0 aliphatic carbocycles. The highest BCUT2D eigenvalue weighted by Crippen LogP contribution is 2.03. The number of rotatable bonds is 6. The molecular weight excluding hydrogens is 236 g/mol. The number of carbonyl (C=O) groups is 2. The Morgan fingerprint density at radius 1 is 1.17 bits per heavy atom. The highest BCUT2D eigenvalue weighted by atomic mass is 16.5. The molecule has 18 heavy (non-hydrogen) atoms. The van der Waals surface area contributed by atoms with Gasteiger partial charge >= 0.3 is 11.9 Å². The Labute approximate surface area is 105 Å². The number of carboxylic acid groups (broad SMARTS) is 1. The monoisotopic (exact) mass is 252 g/mol. The van der Waals surface area contributed by atoms with Crippen molar-refractivity contribution in [2.24, 2.45) is 11.5 Å². The second-order valence-corrected chi connectivity index (χ2v) is 3.87. The van der Waals surface area contributed by atoms with Crippen molar-refractivity contribution in [3.05, 3.63) is 35.9 Å². The molecule has 0 unspecified atom stereocenters. The number of hydrogen-bond donors (Lipinski definition) is 3. The van der Waals surface area contributed by atoms with Gasteiger partial charge in [0, 0.05) is 0 Å². The second-order valence-electron chi connectivity index (χ2n) is 3.87. The molecule has 0 saturated carbocycles. The number of benzene rings is 1. The van der Waals surface area contributed by atoms with E-state index >= 15 is 0 Å². The van der Waals surface area contributed by atoms with Gasteiger partial charge in [-0.15, -0.1) is 0 Å². The van der Waals surface area contributed by atoms with Crippen LogP contribution in [-0.4, -0.2) is 35.7 Å². The molecule has 0 bridgehead atoms. The van der Waals surface area contributed by atoms with Gasteiger partial charge in [0.15, 0.2) is 0 Å². The number of hydrogen-bond acceptors (Lipinski definition) is 5. The van der Waals surface area contributed by atoms with Crippen LogP contribution in [0, 0.1) is 0 Å². The normalized spacial score (nSPS) is 13.7. The van der Waals surface area contributed by atoms with Crippen molar-refractivity contribution in [3.8, 4) is 0 Å². The maximum atomic E-state index is 11.5. The largest absolute Gasteiger partial charge is 0.480 e. The zero-order valence-corrected chi connectivity index (χ0v) is 9.78. The van der Waals surface area contributed by atoms with E-state index in [9.17, 15) is 9.59 Å². The van der Waals surface area contributed by atoms with Crippen molar-refractivity contribution in [1.82, 2.24) is 0 Å². The van der Waals surface area contributed by atoms with Crippen LogP contribution in [0.4, 0.5) is 0 Å². The molecule has 0 saturated heterocycles. The van der Waals surface area contributed by atoms with Crippen LogP contribution < -0.4 is 11.5 Å². The van der Waals surface area contributed by atoms with Gasteiger partial charge in [-0.2, -0.15) is 0 Å². The maximum absolute atomic E-state index is 11.5. The van der Waals surface area contributed by atoms with Crippen LogP contribution in [0.3, 0.4) is 0 Å². The SMILES string of the molecule is N[C@H](Cc1ccccc1)C(=O)OC[C@H](N)C(=O)O. The zero-order chi connectivity index (χ0) is 13.5. The molecule has 0 aliphatic rings. The van der Waals surface area contributed by atoms with Crippen molar-refractivity contribution in [3.63, 3.8) is 0 Å². The van der Waals surface area contributed by atoms with Gasteiger partial charge in [-0.05, 0) is 12.0 Å². The standard InChI is InChI=1S/C12H16N2O4/c13-9(6-8-4-2-1-3-5-8)12(17)18-7-10(14)11(15)16/h1-5,9-10H,6-7,13-14H2,(H,15,16)/t9-,10+/m1/s1. The number of esters is 1.